The van der Waals surface area contributed by atoms with Gasteiger partial charge in [0.05, 0.1) is 17.6 Å². The average molecular weight is 346 g/mol. The van der Waals surface area contributed by atoms with Crippen molar-refractivity contribution in [1.29, 1.82) is 0 Å². The summed E-state index contributed by atoms with van der Waals surface area (Å²) in [5, 5.41) is 11.4. The largest absolute Gasteiger partial charge is 0.490 e. The van der Waals surface area contributed by atoms with E-state index >= 15 is 0 Å². The van der Waals surface area contributed by atoms with Crippen LogP contribution in [0.3, 0.4) is 0 Å². The molecule has 1 atom stereocenters. The molecule has 1 unspecified atom stereocenters. The smallest absolute Gasteiger partial charge is 0.410 e. The highest BCUT2D eigenvalue weighted by molar-refractivity contribution is 5.73. The van der Waals surface area contributed by atoms with Crippen LogP contribution in [0.25, 0.3) is 0 Å². The number of ether oxygens (including phenoxy) is 2. The van der Waals surface area contributed by atoms with Gasteiger partial charge in [-0.15, -0.1) is 0 Å². The van der Waals surface area contributed by atoms with E-state index in [0.717, 1.165) is 16.9 Å². The zero-order valence-corrected chi connectivity index (χ0v) is 14.4. The Kier molecular flexibility index (Phi) is 3.39. The second-order valence-corrected chi connectivity index (χ2v) is 7.72. The van der Waals surface area contributed by atoms with Gasteiger partial charge in [0, 0.05) is 0 Å². The number of carbonyl (C=O) groups excluding carboxylic acids is 1. The molecule has 134 valence electrons. The van der Waals surface area contributed by atoms with Crippen molar-refractivity contribution in [3.8, 4) is 5.75 Å². The fourth-order valence-corrected chi connectivity index (χ4v) is 4.58. The van der Waals surface area contributed by atoms with Crippen molar-refractivity contribution in [2.24, 2.45) is 0 Å². The van der Waals surface area contributed by atoms with Crippen molar-refractivity contribution in [2.75, 3.05) is 13.2 Å². The fourth-order valence-electron chi connectivity index (χ4n) is 4.58. The molecule has 0 radical (unpaired) electrons. The zero-order chi connectivity index (χ0) is 17.8. The second-order valence-electron chi connectivity index (χ2n) is 7.72. The van der Waals surface area contributed by atoms with E-state index in [4.69, 9.17) is 14.6 Å². The van der Waals surface area contributed by atoms with Gasteiger partial charge < -0.3 is 19.9 Å². The molecule has 1 aliphatic heterocycles. The maximum absolute atomic E-state index is 12.2. The van der Waals surface area contributed by atoms with Gasteiger partial charge in [-0.2, -0.15) is 0 Å². The standard InChI is InChI=1S/C18H22N2O5/c1-11-3-12(2)5-13(4-11)24-7-14-6-20(16(23)25-14)18-8-17(9-18,10-18)19-15(21)22/h3-5,14,19H,6-10H2,1-2H3,(H,21,22). The number of hydrogen-bond acceptors (Lipinski definition) is 4. The van der Waals surface area contributed by atoms with Crippen molar-refractivity contribution >= 4 is 12.2 Å². The molecule has 3 saturated carbocycles. The summed E-state index contributed by atoms with van der Waals surface area (Å²) in [7, 11) is 0. The van der Waals surface area contributed by atoms with E-state index in [1.54, 1.807) is 4.90 Å². The van der Waals surface area contributed by atoms with E-state index < -0.39 is 6.09 Å². The minimum atomic E-state index is -1.00. The number of nitrogens with one attached hydrogen (secondary N) is 1. The molecular weight excluding hydrogens is 324 g/mol. The van der Waals surface area contributed by atoms with Gasteiger partial charge in [0.15, 0.2) is 6.10 Å². The molecule has 5 rings (SSSR count). The SMILES string of the molecule is Cc1cc(C)cc(OCC2CN(C34CC(NC(=O)O)(C3)C4)C(=O)O2)c1. The molecule has 7 nitrogen and oxygen atoms in total. The van der Waals surface area contributed by atoms with E-state index in [2.05, 4.69) is 11.4 Å². The number of aryl methyl sites for hydroxylation is 2. The summed E-state index contributed by atoms with van der Waals surface area (Å²) < 4.78 is 11.2. The number of cyclic esters (lactones) is 1. The number of carboxylic acid groups (broad SMARTS) is 1. The van der Waals surface area contributed by atoms with E-state index in [0.29, 0.717) is 32.4 Å². The van der Waals surface area contributed by atoms with E-state index in [1.807, 2.05) is 26.0 Å². The lowest BCUT2D eigenvalue weighted by Gasteiger charge is -2.72. The summed E-state index contributed by atoms with van der Waals surface area (Å²) in [4.78, 5) is 24.8. The normalized spacial score (nSPS) is 32.5. The second kappa shape index (κ2) is 5.28. The highest BCUT2D eigenvalue weighted by Gasteiger charge is 2.73. The highest BCUT2D eigenvalue weighted by atomic mass is 16.6. The van der Waals surface area contributed by atoms with Crippen LogP contribution >= 0.6 is 0 Å². The van der Waals surface area contributed by atoms with Crippen LogP contribution in [-0.4, -0.2) is 52.5 Å². The number of carbonyl (C=O) groups is 2. The average Bonchev–Trinajstić information content (AvgIpc) is 2.79. The third-order valence-electron chi connectivity index (χ3n) is 5.45. The summed E-state index contributed by atoms with van der Waals surface area (Å²) in [6.07, 6.45) is 0.393. The Morgan fingerprint density at radius 2 is 1.96 bits per heavy atom. The topological polar surface area (TPSA) is 88.1 Å². The lowest BCUT2D eigenvalue weighted by Crippen LogP contribution is -2.83. The van der Waals surface area contributed by atoms with E-state index in [9.17, 15) is 9.59 Å². The summed E-state index contributed by atoms with van der Waals surface area (Å²) in [6.45, 7) is 4.84. The Hall–Kier alpha value is -2.44. The monoisotopic (exact) mass is 346 g/mol. The van der Waals surface area contributed by atoms with Gasteiger partial charge in [-0.05, 0) is 56.4 Å². The van der Waals surface area contributed by atoms with Gasteiger partial charge in [0.1, 0.15) is 12.4 Å². The number of nitrogens with zero attached hydrogens (tertiary/aromatic N) is 1. The molecule has 0 aromatic heterocycles. The Bertz CT molecular complexity index is 707. The highest BCUT2D eigenvalue weighted by Crippen LogP contribution is 2.64. The van der Waals surface area contributed by atoms with Crippen molar-refractivity contribution in [1.82, 2.24) is 10.2 Å². The fraction of sp³-hybridized carbons (Fsp3) is 0.556. The number of hydrogen-bond donors (Lipinski definition) is 2. The Balaban J connectivity index is 1.32. The summed E-state index contributed by atoms with van der Waals surface area (Å²) >= 11 is 0. The van der Waals surface area contributed by atoms with Gasteiger partial charge in [-0.25, -0.2) is 9.59 Å². The molecule has 2 N–H and O–H groups in total. The molecule has 2 amide bonds. The Labute approximate surface area is 145 Å². The summed E-state index contributed by atoms with van der Waals surface area (Å²) in [5.41, 5.74) is 1.70. The van der Waals surface area contributed by atoms with Crippen molar-refractivity contribution in [3.63, 3.8) is 0 Å². The molecule has 3 aliphatic carbocycles. The molecule has 1 saturated heterocycles. The lowest BCUT2D eigenvalue weighted by molar-refractivity contribution is -0.152. The zero-order valence-electron chi connectivity index (χ0n) is 14.4. The Morgan fingerprint density at radius 3 is 2.56 bits per heavy atom. The third kappa shape index (κ3) is 2.67. The van der Waals surface area contributed by atoms with Crippen LogP contribution in [0.5, 0.6) is 5.75 Å². The van der Waals surface area contributed by atoms with Crippen molar-refractivity contribution in [2.45, 2.75) is 50.3 Å². The molecule has 1 aromatic carbocycles. The van der Waals surface area contributed by atoms with Crippen LogP contribution in [0.1, 0.15) is 30.4 Å². The molecule has 1 heterocycles. The van der Waals surface area contributed by atoms with Crippen LogP contribution in [0.4, 0.5) is 9.59 Å². The molecule has 25 heavy (non-hydrogen) atoms. The first kappa shape index (κ1) is 16.1. The number of amides is 2. The van der Waals surface area contributed by atoms with Crippen LogP contribution in [0, 0.1) is 13.8 Å². The van der Waals surface area contributed by atoms with Gasteiger partial charge in [0.2, 0.25) is 0 Å². The molecular formula is C18H22N2O5. The first-order valence-corrected chi connectivity index (χ1v) is 8.50. The van der Waals surface area contributed by atoms with Crippen molar-refractivity contribution in [3.05, 3.63) is 29.3 Å². The minimum Gasteiger partial charge on any atom is -0.490 e. The Morgan fingerprint density at radius 1 is 1.32 bits per heavy atom. The maximum atomic E-state index is 12.2. The predicted molar refractivity (Wildman–Crippen MR) is 88.9 cm³/mol. The molecule has 0 spiro atoms. The number of rotatable bonds is 5. The van der Waals surface area contributed by atoms with Crippen LogP contribution < -0.4 is 10.1 Å². The first-order chi connectivity index (χ1) is 11.8. The molecule has 7 heteroatoms. The minimum absolute atomic E-state index is 0.228. The van der Waals surface area contributed by atoms with Gasteiger partial charge in [-0.3, -0.25) is 4.90 Å². The van der Waals surface area contributed by atoms with Gasteiger partial charge in [-0.1, -0.05) is 6.07 Å². The summed E-state index contributed by atoms with van der Waals surface area (Å²) in [5.74, 6) is 0.780. The maximum Gasteiger partial charge on any atom is 0.410 e. The van der Waals surface area contributed by atoms with Crippen LogP contribution in [0.15, 0.2) is 18.2 Å². The number of benzene rings is 1. The quantitative estimate of drug-likeness (QED) is 0.855. The van der Waals surface area contributed by atoms with Crippen LogP contribution in [-0.2, 0) is 4.74 Å². The van der Waals surface area contributed by atoms with Gasteiger partial charge >= 0.3 is 12.2 Å². The van der Waals surface area contributed by atoms with Gasteiger partial charge in [0.25, 0.3) is 0 Å². The lowest BCUT2D eigenvalue weighted by atomic mass is 9.43. The van der Waals surface area contributed by atoms with Crippen molar-refractivity contribution < 1.29 is 24.2 Å². The molecule has 4 aliphatic rings. The molecule has 1 aromatic rings. The molecule has 2 bridgehead atoms. The van der Waals surface area contributed by atoms with Crippen LogP contribution in [0.2, 0.25) is 0 Å². The third-order valence-corrected chi connectivity index (χ3v) is 5.45. The summed E-state index contributed by atoms with van der Waals surface area (Å²) in [6, 6.07) is 6.00. The van der Waals surface area contributed by atoms with E-state index in [1.165, 1.54) is 0 Å². The van der Waals surface area contributed by atoms with E-state index in [-0.39, 0.29) is 23.3 Å². The predicted octanol–water partition coefficient (Wildman–Crippen LogP) is 2.45. The first-order valence-electron chi connectivity index (χ1n) is 8.50. The molecule has 4 fully saturated rings.